The number of carboxylic acid groups (broad SMARTS) is 1. The maximum Gasteiger partial charge on any atom is 0.328 e. The minimum Gasteiger partial charge on any atom is -0.480 e. The molecule has 1 unspecified atom stereocenters. The zero-order valence-corrected chi connectivity index (χ0v) is 10.5. The third-order valence-electron chi connectivity index (χ3n) is 3.73. The second kappa shape index (κ2) is 4.52. The van der Waals surface area contributed by atoms with E-state index in [1.165, 1.54) is 0 Å². The first kappa shape index (κ1) is 11.9. The average molecular weight is 253 g/mol. The van der Waals surface area contributed by atoms with E-state index in [1.807, 2.05) is 54.6 Å². The first-order valence-corrected chi connectivity index (χ1v) is 6.33. The minimum absolute atomic E-state index is 0.459. The van der Waals surface area contributed by atoms with Gasteiger partial charge in [0.1, 0.15) is 5.54 Å². The summed E-state index contributed by atoms with van der Waals surface area (Å²) >= 11 is 0. The summed E-state index contributed by atoms with van der Waals surface area (Å²) in [5.41, 5.74) is 1.97. The summed E-state index contributed by atoms with van der Waals surface area (Å²) in [6.45, 7) is 0.606. The number of carboxylic acids is 1. The Labute approximate surface area is 111 Å². The van der Waals surface area contributed by atoms with E-state index in [1.54, 1.807) is 0 Å². The van der Waals surface area contributed by atoms with Crippen molar-refractivity contribution in [2.45, 2.75) is 18.5 Å². The molecule has 0 aromatic heterocycles. The zero-order chi connectivity index (χ0) is 13.3. The van der Waals surface area contributed by atoms with Crippen LogP contribution in [0.2, 0.25) is 0 Å². The van der Waals surface area contributed by atoms with E-state index in [-0.39, 0.29) is 0 Å². The van der Waals surface area contributed by atoms with Crippen molar-refractivity contribution in [2.24, 2.45) is 0 Å². The Balaban J connectivity index is 2.05. The molecule has 0 saturated carbocycles. The number of aliphatic carboxylic acids is 1. The van der Waals surface area contributed by atoms with E-state index >= 15 is 0 Å². The van der Waals surface area contributed by atoms with E-state index in [9.17, 15) is 9.90 Å². The normalized spacial score (nSPS) is 21.1. The fourth-order valence-electron chi connectivity index (χ4n) is 2.76. The highest BCUT2D eigenvalue weighted by Gasteiger charge is 2.45. The molecule has 3 rings (SSSR count). The summed E-state index contributed by atoms with van der Waals surface area (Å²) < 4.78 is 0. The number of rotatable bonds is 3. The van der Waals surface area contributed by atoms with Gasteiger partial charge in [0.2, 0.25) is 0 Å². The predicted octanol–water partition coefficient (Wildman–Crippen LogP) is 2.31. The van der Waals surface area contributed by atoms with Crippen molar-refractivity contribution in [1.82, 2.24) is 5.32 Å². The molecule has 0 aliphatic carbocycles. The van der Waals surface area contributed by atoms with Gasteiger partial charge in [0.05, 0.1) is 0 Å². The van der Waals surface area contributed by atoms with Gasteiger partial charge in [-0.05, 0) is 16.7 Å². The topological polar surface area (TPSA) is 49.3 Å². The molecule has 1 aliphatic heterocycles. The molecule has 2 aromatic carbocycles. The third-order valence-corrected chi connectivity index (χ3v) is 3.73. The smallest absolute Gasteiger partial charge is 0.328 e. The molecular formula is C16H15NO2. The predicted molar refractivity (Wildman–Crippen MR) is 72.7 cm³/mol. The zero-order valence-electron chi connectivity index (χ0n) is 10.5. The van der Waals surface area contributed by atoms with Crippen LogP contribution in [-0.2, 0) is 23.3 Å². The van der Waals surface area contributed by atoms with Crippen molar-refractivity contribution >= 4 is 5.97 Å². The first-order chi connectivity index (χ1) is 9.22. The van der Waals surface area contributed by atoms with Crippen LogP contribution in [0.4, 0.5) is 0 Å². The van der Waals surface area contributed by atoms with Gasteiger partial charge in [0, 0.05) is 13.0 Å². The molecule has 96 valence electrons. The summed E-state index contributed by atoms with van der Waals surface area (Å²) in [4.78, 5) is 11.8. The lowest BCUT2D eigenvalue weighted by Crippen LogP contribution is -2.46. The van der Waals surface area contributed by atoms with Crippen LogP contribution in [0.25, 0.3) is 0 Å². The molecule has 1 heterocycles. The lowest BCUT2D eigenvalue weighted by atomic mass is 9.84. The number of fused-ring (bicyclic) bond motifs is 1. The Bertz CT molecular complexity index is 609. The summed E-state index contributed by atoms with van der Waals surface area (Å²) in [5, 5.41) is 12.9. The maximum atomic E-state index is 11.8. The van der Waals surface area contributed by atoms with Gasteiger partial charge in [-0.15, -0.1) is 0 Å². The van der Waals surface area contributed by atoms with Crippen LogP contribution < -0.4 is 5.32 Å². The van der Waals surface area contributed by atoms with Gasteiger partial charge in [-0.2, -0.15) is 0 Å². The van der Waals surface area contributed by atoms with E-state index in [0.717, 1.165) is 16.7 Å². The Morgan fingerprint density at radius 1 is 1.11 bits per heavy atom. The molecule has 0 spiro atoms. The van der Waals surface area contributed by atoms with Crippen LogP contribution in [0.15, 0.2) is 54.6 Å². The van der Waals surface area contributed by atoms with Crippen molar-refractivity contribution < 1.29 is 9.90 Å². The Morgan fingerprint density at radius 2 is 1.79 bits per heavy atom. The molecule has 0 amide bonds. The Kier molecular flexibility index (Phi) is 2.84. The maximum absolute atomic E-state index is 11.8. The van der Waals surface area contributed by atoms with Crippen molar-refractivity contribution in [3.8, 4) is 0 Å². The van der Waals surface area contributed by atoms with Crippen LogP contribution in [0.3, 0.4) is 0 Å². The molecule has 2 aromatic rings. The van der Waals surface area contributed by atoms with Gasteiger partial charge < -0.3 is 5.11 Å². The Hall–Kier alpha value is -2.13. The van der Waals surface area contributed by atoms with E-state index in [0.29, 0.717) is 13.0 Å². The number of hydrogen-bond acceptors (Lipinski definition) is 2. The van der Waals surface area contributed by atoms with Gasteiger partial charge in [0.25, 0.3) is 0 Å². The van der Waals surface area contributed by atoms with E-state index < -0.39 is 11.5 Å². The Morgan fingerprint density at radius 3 is 2.53 bits per heavy atom. The van der Waals surface area contributed by atoms with E-state index in [2.05, 4.69) is 5.32 Å². The van der Waals surface area contributed by atoms with Crippen molar-refractivity contribution in [3.63, 3.8) is 0 Å². The minimum atomic E-state index is -1.00. The largest absolute Gasteiger partial charge is 0.480 e. The number of carbonyl (C=O) groups is 1. The van der Waals surface area contributed by atoms with Crippen molar-refractivity contribution in [1.29, 1.82) is 0 Å². The molecule has 0 saturated heterocycles. The average Bonchev–Trinajstić information content (AvgIpc) is 2.81. The van der Waals surface area contributed by atoms with Crippen LogP contribution in [0.1, 0.15) is 16.7 Å². The third kappa shape index (κ3) is 1.92. The van der Waals surface area contributed by atoms with Crippen molar-refractivity contribution in [2.75, 3.05) is 0 Å². The molecule has 1 atom stereocenters. The highest BCUT2D eigenvalue weighted by molar-refractivity contribution is 5.83. The summed E-state index contributed by atoms with van der Waals surface area (Å²) in [7, 11) is 0. The first-order valence-electron chi connectivity index (χ1n) is 6.33. The molecule has 19 heavy (non-hydrogen) atoms. The van der Waals surface area contributed by atoms with Crippen LogP contribution >= 0.6 is 0 Å². The van der Waals surface area contributed by atoms with Crippen LogP contribution in [0, 0.1) is 0 Å². The molecule has 0 bridgehead atoms. The fourth-order valence-corrected chi connectivity index (χ4v) is 2.76. The molecule has 1 aliphatic rings. The number of nitrogens with one attached hydrogen (secondary N) is 1. The fraction of sp³-hybridized carbons (Fsp3) is 0.188. The van der Waals surface area contributed by atoms with Gasteiger partial charge in [-0.3, -0.25) is 5.32 Å². The molecular weight excluding hydrogens is 238 g/mol. The van der Waals surface area contributed by atoms with Gasteiger partial charge in [0.15, 0.2) is 0 Å². The molecule has 2 N–H and O–H groups in total. The summed E-state index contributed by atoms with van der Waals surface area (Å²) in [6, 6.07) is 17.5. The number of benzene rings is 2. The van der Waals surface area contributed by atoms with Crippen LogP contribution in [-0.4, -0.2) is 11.1 Å². The SMILES string of the molecule is O=C(O)C1(Cc2ccccc2)NCc2ccccc21. The monoisotopic (exact) mass is 253 g/mol. The van der Waals surface area contributed by atoms with Gasteiger partial charge in [-0.1, -0.05) is 54.6 Å². The second-order valence-electron chi connectivity index (χ2n) is 4.88. The van der Waals surface area contributed by atoms with E-state index in [4.69, 9.17) is 0 Å². The second-order valence-corrected chi connectivity index (χ2v) is 4.88. The quantitative estimate of drug-likeness (QED) is 0.882. The molecule has 0 fully saturated rings. The highest BCUT2D eigenvalue weighted by atomic mass is 16.4. The molecule has 3 nitrogen and oxygen atoms in total. The highest BCUT2D eigenvalue weighted by Crippen LogP contribution is 2.34. The number of hydrogen-bond donors (Lipinski definition) is 2. The molecule has 3 heteroatoms. The molecule has 0 radical (unpaired) electrons. The summed E-state index contributed by atoms with van der Waals surface area (Å²) in [5.74, 6) is -0.818. The lowest BCUT2D eigenvalue weighted by Gasteiger charge is -2.26. The lowest BCUT2D eigenvalue weighted by molar-refractivity contribution is -0.145. The summed E-state index contributed by atoms with van der Waals surface area (Å²) in [6.07, 6.45) is 0.459. The van der Waals surface area contributed by atoms with Crippen LogP contribution in [0.5, 0.6) is 0 Å². The van der Waals surface area contributed by atoms with Crippen molar-refractivity contribution in [3.05, 3.63) is 71.3 Å². The van der Waals surface area contributed by atoms with Gasteiger partial charge >= 0.3 is 5.97 Å². The standard InChI is InChI=1S/C16H15NO2/c18-15(19)16(10-12-6-2-1-3-7-12)14-9-5-4-8-13(14)11-17-16/h1-9,17H,10-11H2,(H,18,19). The van der Waals surface area contributed by atoms with Gasteiger partial charge in [-0.25, -0.2) is 4.79 Å².